The van der Waals surface area contributed by atoms with Gasteiger partial charge in [-0.15, -0.1) is 5.10 Å². The maximum atomic E-state index is 13.0. The normalized spacial score (nSPS) is 14.9. The SMILES string of the molecule is N#Cc1ccc(CN2CCCN(C(=O)c3cccc(-n4ccnn4)c3)CC2)cc1. The Balaban J connectivity index is 1.39. The summed E-state index contributed by atoms with van der Waals surface area (Å²) in [7, 11) is 0. The van der Waals surface area contributed by atoms with Crippen molar-refractivity contribution in [2.75, 3.05) is 26.2 Å². The van der Waals surface area contributed by atoms with Crippen LogP contribution in [0.2, 0.25) is 0 Å². The quantitative estimate of drug-likeness (QED) is 0.688. The van der Waals surface area contributed by atoms with Gasteiger partial charge in [-0.1, -0.05) is 23.4 Å². The van der Waals surface area contributed by atoms with E-state index in [1.807, 2.05) is 53.4 Å². The molecular formula is C22H22N6O. The fourth-order valence-electron chi connectivity index (χ4n) is 3.58. The van der Waals surface area contributed by atoms with Crippen LogP contribution in [-0.2, 0) is 6.54 Å². The molecule has 1 saturated heterocycles. The lowest BCUT2D eigenvalue weighted by Crippen LogP contribution is -2.35. The van der Waals surface area contributed by atoms with Crippen molar-refractivity contribution in [2.24, 2.45) is 0 Å². The Labute approximate surface area is 169 Å². The predicted octanol–water partition coefficient (Wildman–Crippen LogP) is 2.49. The second-order valence-corrected chi connectivity index (χ2v) is 7.13. The summed E-state index contributed by atoms with van der Waals surface area (Å²) in [5, 5.41) is 16.7. The number of benzene rings is 2. The van der Waals surface area contributed by atoms with E-state index in [0.717, 1.165) is 38.3 Å². The number of amides is 1. The van der Waals surface area contributed by atoms with E-state index in [0.29, 0.717) is 17.7 Å². The highest BCUT2D eigenvalue weighted by atomic mass is 16.2. The molecule has 0 saturated carbocycles. The molecule has 1 aliphatic heterocycles. The number of carbonyl (C=O) groups is 1. The lowest BCUT2D eigenvalue weighted by Gasteiger charge is -2.22. The molecule has 0 bridgehead atoms. The van der Waals surface area contributed by atoms with Crippen LogP contribution in [0.4, 0.5) is 0 Å². The standard InChI is InChI=1S/C22H22N6O/c23-16-18-5-7-19(8-6-18)17-26-10-2-11-27(14-13-26)22(29)20-3-1-4-21(15-20)28-12-9-24-25-28/h1,3-9,12,15H,2,10-11,13-14,17H2. The Morgan fingerprint density at radius 1 is 1.07 bits per heavy atom. The van der Waals surface area contributed by atoms with Gasteiger partial charge in [-0.25, -0.2) is 4.68 Å². The van der Waals surface area contributed by atoms with E-state index in [4.69, 9.17) is 5.26 Å². The third-order valence-electron chi connectivity index (χ3n) is 5.15. The third kappa shape index (κ3) is 4.50. The van der Waals surface area contributed by atoms with Gasteiger partial charge in [-0.05, 0) is 42.3 Å². The molecule has 0 unspecified atom stereocenters. The minimum Gasteiger partial charge on any atom is -0.337 e. The maximum absolute atomic E-state index is 13.0. The number of nitriles is 1. The Bertz CT molecular complexity index is 1010. The van der Waals surface area contributed by atoms with Crippen LogP contribution < -0.4 is 0 Å². The summed E-state index contributed by atoms with van der Waals surface area (Å²) in [6, 6.07) is 17.3. The highest BCUT2D eigenvalue weighted by molar-refractivity contribution is 5.94. The van der Waals surface area contributed by atoms with Crippen LogP contribution >= 0.6 is 0 Å². The van der Waals surface area contributed by atoms with E-state index in [1.54, 1.807) is 17.1 Å². The van der Waals surface area contributed by atoms with Crippen molar-refractivity contribution in [3.8, 4) is 11.8 Å². The smallest absolute Gasteiger partial charge is 0.253 e. The minimum atomic E-state index is 0.0483. The van der Waals surface area contributed by atoms with Crippen LogP contribution in [0.1, 0.15) is 27.9 Å². The topological polar surface area (TPSA) is 78.0 Å². The van der Waals surface area contributed by atoms with E-state index in [2.05, 4.69) is 21.3 Å². The molecule has 1 fully saturated rings. The predicted molar refractivity (Wildman–Crippen MR) is 108 cm³/mol. The van der Waals surface area contributed by atoms with Gasteiger partial charge in [0.1, 0.15) is 0 Å². The Kier molecular flexibility index (Phi) is 5.63. The average molecular weight is 386 g/mol. The van der Waals surface area contributed by atoms with Crippen molar-refractivity contribution >= 4 is 5.91 Å². The first-order valence-corrected chi connectivity index (χ1v) is 9.70. The van der Waals surface area contributed by atoms with Crippen LogP contribution in [0.5, 0.6) is 0 Å². The molecule has 7 heteroatoms. The van der Waals surface area contributed by atoms with E-state index in [1.165, 1.54) is 5.56 Å². The molecule has 7 nitrogen and oxygen atoms in total. The molecule has 0 aliphatic carbocycles. The van der Waals surface area contributed by atoms with Crippen LogP contribution in [0.15, 0.2) is 60.9 Å². The van der Waals surface area contributed by atoms with Crippen molar-refractivity contribution in [1.29, 1.82) is 5.26 Å². The molecule has 0 atom stereocenters. The largest absolute Gasteiger partial charge is 0.337 e. The van der Waals surface area contributed by atoms with Crippen molar-refractivity contribution in [3.05, 3.63) is 77.6 Å². The van der Waals surface area contributed by atoms with Gasteiger partial charge in [0.25, 0.3) is 5.91 Å². The van der Waals surface area contributed by atoms with Crippen LogP contribution in [-0.4, -0.2) is 56.9 Å². The van der Waals surface area contributed by atoms with Gasteiger partial charge in [0, 0.05) is 38.3 Å². The molecule has 146 valence electrons. The molecule has 0 N–H and O–H groups in total. The molecular weight excluding hydrogens is 364 g/mol. The Morgan fingerprint density at radius 3 is 2.69 bits per heavy atom. The first-order chi connectivity index (χ1) is 14.2. The van der Waals surface area contributed by atoms with Crippen LogP contribution in [0, 0.1) is 11.3 Å². The van der Waals surface area contributed by atoms with E-state index in [-0.39, 0.29) is 5.91 Å². The molecule has 2 heterocycles. The van der Waals surface area contributed by atoms with Crippen molar-refractivity contribution in [1.82, 2.24) is 24.8 Å². The highest BCUT2D eigenvalue weighted by Gasteiger charge is 2.20. The lowest BCUT2D eigenvalue weighted by molar-refractivity contribution is 0.0761. The minimum absolute atomic E-state index is 0.0483. The summed E-state index contributed by atoms with van der Waals surface area (Å²) in [5.41, 5.74) is 3.35. The monoisotopic (exact) mass is 386 g/mol. The van der Waals surface area contributed by atoms with Gasteiger partial charge in [0.05, 0.1) is 29.7 Å². The summed E-state index contributed by atoms with van der Waals surface area (Å²) in [4.78, 5) is 17.3. The van der Waals surface area contributed by atoms with Crippen LogP contribution in [0.3, 0.4) is 0 Å². The van der Waals surface area contributed by atoms with Gasteiger partial charge in [0.2, 0.25) is 0 Å². The molecule has 2 aromatic carbocycles. The number of nitrogens with zero attached hydrogens (tertiary/aromatic N) is 6. The van der Waals surface area contributed by atoms with Crippen molar-refractivity contribution in [3.63, 3.8) is 0 Å². The number of aromatic nitrogens is 3. The summed E-state index contributed by atoms with van der Waals surface area (Å²) in [5.74, 6) is 0.0483. The van der Waals surface area contributed by atoms with Crippen molar-refractivity contribution < 1.29 is 4.79 Å². The number of rotatable bonds is 4. The molecule has 1 aliphatic rings. The molecule has 4 rings (SSSR count). The van der Waals surface area contributed by atoms with E-state index >= 15 is 0 Å². The van der Waals surface area contributed by atoms with Crippen molar-refractivity contribution in [2.45, 2.75) is 13.0 Å². The molecule has 29 heavy (non-hydrogen) atoms. The third-order valence-corrected chi connectivity index (χ3v) is 5.15. The first kappa shape index (κ1) is 18.8. The first-order valence-electron chi connectivity index (χ1n) is 9.70. The highest BCUT2D eigenvalue weighted by Crippen LogP contribution is 2.15. The Hall–Kier alpha value is -3.50. The number of carbonyl (C=O) groups excluding carboxylic acids is 1. The van der Waals surface area contributed by atoms with E-state index in [9.17, 15) is 4.79 Å². The number of hydrogen-bond acceptors (Lipinski definition) is 5. The zero-order valence-corrected chi connectivity index (χ0v) is 16.1. The van der Waals surface area contributed by atoms with Crippen LogP contribution in [0.25, 0.3) is 5.69 Å². The van der Waals surface area contributed by atoms with Gasteiger partial charge < -0.3 is 4.90 Å². The fraction of sp³-hybridized carbons (Fsp3) is 0.273. The Morgan fingerprint density at radius 2 is 1.93 bits per heavy atom. The van der Waals surface area contributed by atoms with E-state index < -0.39 is 0 Å². The average Bonchev–Trinajstić information content (AvgIpc) is 3.21. The molecule has 3 aromatic rings. The molecule has 0 radical (unpaired) electrons. The summed E-state index contributed by atoms with van der Waals surface area (Å²) in [6.07, 6.45) is 4.31. The van der Waals surface area contributed by atoms with Gasteiger partial charge >= 0.3 is 0 Å². The lowest BCUT2D eigenvalue weighted by atomic mass is 10.1. The zero-order chi connectivity index (χ0) is 20.1. The summed E-state index contributed by atoms with van der Waals surface area (Å²) >= 11 is 0. The molecule has 1 amide bonds. The fourth-order valence-corrected chi connectivity index (χ4v) is 3.58. The zero-order valence-electron chi connectivity index (χ0n) is 16.1. The van der Waals surface area contributed by atoms with Gasteiger partial charge in [-0.3, -0.25) is 9.69 Å². The van der Waals surface area contributed by atoms with Gasteiger partial charge in [-0.2, -0.15) is 5.26 Å². The second kappa shape index (κ2) is 8.67. The van der Waals surface area contributed by atoms with Gasteiger partial charge in [0.15, 0.2) is 0 Å². The maximum Gasteiger partial charge on any atom is 0.253 e. The molecule has 1 aromatic heterocycles. The summed E-state index contributed by atoms with van der Waals surface area (Å²) in [6.45, 7) is 4.05. The second-order valence-electron chi connectivity index (χ2n) is 7.13. The number of hydrogen-bond donors (Lipinski definition) is 0. The summed E-state index contributed by atoms with van der Waals surface area (Å²) < 4.78 is 1.65. The molecule has 0 spiro atoms.